The molecule has 1 atom stereocenters. The normalized spacial score (nSPS) is 16.1. The Kier molecular flexibility index (Phi) is 8.00. The minimum atomic E-state index is -3.83. The number of rotatable bonds is 8. The maximum absolute atomic E-state index is 13.0. The standard InChI is InChI=1S/C26H23ClN4O4S/c27-22-9-13-24(14-10-22)36(33,34)31-15-3-6-25(31)26(32)30-29-17-19-7-11-23(12-8-19)35-18-21-5-2-1-4-20(21)16-28/h1-2,4-5,7-14,17,25H,3,6,15,18H2,(H,30,32)/b29-17-/t25-/m0/s1. The van der Waals surface area contributed by atoms with Crippen molar-refractivity contribution in [2.24, 2.45) is 5.10 Å². The summed E-state index contributed by atoms with van der Waals surface area (Å²) in [6.07, 6.45) is 2.46. The Balaban J connectivity index is 1.34. The minimum Gasteiger partial charge on any atom is -0.489 e. The summed E-state index contributed by atoms with van der Waals surface area (Å²) in [7, 11) is -3.83. The van der Waals surface area contributed by atoms with Gasteiger partial charge in [0.25, 0.3) is 5.91 Å². The first kappa shape index (κ1) is 25.4. The first-order chi connectivity index (χ1) is 17.4. The number of benzene rings is 3. The number of hydrogen-bond acceptors (Lipinski definition) is 6. The van der Waals surface area contributed by atoms with Crippen molar-refractivity contribution in [3.8, 4) is 11.8 Å². The van der Waals surface area contributed by atoms with Crippen LogP contribution in [-0.4, -0.2) is 37.4 Å². The summed E-state index contributed by atoms with van der Waals surface area (Å²) in [5.41, 5.74) is 4.54. The maximum Gasteiger partial charge on any atom is 0.258 e. The van der Waals surface area contributed by atoms with Crippen molar-refractivity contribution in [2.45, 2.75) is 30.4 Å². The number of nitrogens with zero attached hydrogens (tertiary/aromatic N) is 3. The van der Waals surface area contributed by atoms with E-state index in [2.05, 4.69) is 16.6 Å². The lowest BCUT2D eigenvalue weighted by Crippen LogP contribution is -2.44. The molecule has 184 valence electrons. The lowest BCUT2D eigenvalue weighted by molar-refractivity contribution is -0.124. The molecule has 0 unspecified atom stereocenters. The van der Waals surface area contributed by atoms with Gasteiger partial charge in [0.1, 0.15) is 18.4 Å². The van der Waals surface area contributed by atoms with Gasteiger partial charge in [-0.3, -0.25) is 4.79 Å². The molecule has 1 N–H and O–H groups in total. The van der Waals surface area contributed by atoms with Gasteiger partial charge >= 0.3 is 0 Å². The van der Waals surface area contributed by atoms with E-state index in [1.165, 1.54) is 34.8 Å². The second-order valence-electron chi connectivity index (χ2n) is 8.09. The minimum absolute atomic E-state index is 0.0912. The van der Waals surface area contributed by atoms with Crippen molar-refractivity contribution in [2.75, 3.05) is 6.54 Å². The third-order valence-electron chi connectivity index (χ3n) is 5.73. The smallest absolute Gasteiger partial charge is 0.258 e. The molecule has 36 heavy (non-hydrogen) atoms. The molecule has 10 heteroatoms. The Morgan fingerprint density at radius 1 is 1.14 bits per heavy atom. The van der Waals surface area contributed by atoms with Crippen LogP contribution >= 0.6 is 11.6 Å². The van der Waals surface area contributed by atoms with E-state index in [1.807, 2.05) is 12.1 Å². The van der Waals surface area contributed by atoms with Crippen LogP contribution in [0.1, 0.15) is 29.5 Å². The van der Waals surface area contributed by atoms with Crippen molar-refractivity contribution < 1.29 is 17.9 Å². The maximum atomic E-state index is 13.0. The van der Waals surface area contributed by atoms with E-state index in [0.717, 1.165) is 11.1 Å². The highest BCUT2D eigenvalue weighted by Crippen LogP contribution is 2.27. The van der Waals surface area contributed by atoms with Crippen molar-refractivity contribution in [1.82, 2.24) is 9.73 Å². The zero-order valence-electron chi connectivity index (χ0n) is 19.2. The van der Waals surface area contributed by atoms with Crippen molar-refractivity contribution in [1.29, 1.82) is 5.26 Å². The fourth-order valence-electron chi connectivity index (χ4n) is 3.84. The molecule has 1 amide bonds. The van der Waals surface area contributed by atoms with Crippen LogP contribution in [0.25, 0.3) is 0 Å². The van der Waals surface area contributed by atoms with Gasteiger partial charge < -0.3 is 4.74 Å². The summed E-state index contributed by atoms with van der Waals surface area (Å²) in [6.45, 7) is 0.525. The fourth-order valence-corrected chi connectivity index (χ4v) is 5.63. The van der Waals surface area contributed by atoms with Gasteiger partial charge in [0, 0.05) is 17.1 Å². The Hall–Kier alpha value is -3.71. The molecule has 0 aliphatic carbocycles. The van der Waals surface area contributed by atoms with Crippen LogP contribution in [0.5, 0.6) is 5.75 Å². The van der Waals surface area contributed by atoms with Crippen molar-refractivity contribution in [3.05, 3.63) is 94.5 Å². The summed E-state index contributed by atoms with van der Waals surface area (Å²) in [4.78, 5) is 12.8. The van der Waals surface area contributed by atoms with Gasteiger partial charge in [0.05, 0.1) is 22.7 Å². The monoisotopic (exact) mass is 522 g/mol. The van der Waals surface area contributed by atoms with E-state index in [-0.39, 0.29) is 18.0 Å². The van der Waals surface area contributed by atoms with Gasteiger partial charge in [-0.2, -0.15) is 14.7 Å². The molecular weight excluding hydrogens is 500 g/mol. The van der Waals surface area contributed by atoms with Crippen LogP contribution in [0.2, 0.25) is 5.02 Å². The SMILES string of the molecule is N#Cc1ccccc1COc1ccc(/C=N\NC(=O)[C@@H]2CCCN2S(=O)(=O)c2ccc(Cl)cc2)cc1. The third kappa shape index (κ3) is 5.91. The molecule has 0 spiro atoms. The molecule has 1 aliphatic heterocycles. The first-order valence-electron chi connectivity index (χ1n) is 11.2. The quantitative estimate of drug-likeness (QED) is 0.353. The van der Waals surface area contributed by atoms with E-state index >= 15 is 0 Å². The van der Waals surface area contributed by atoms with Crippen LogP contribution in [-0.2, 0) is 21.4 Å². The lowest BCUT2D eigenvalue weighted by atomic mass is 10.1. The third-order valence-corrected chi connectivity index (χ3v) is 7.90. The molecule has 0 aromatic heterocycles. The topological polar surface area (TPSA) is 112 Å². The number of hydrazone groups is 1. The first-order valence-corrected chi connectivity index (χ1v) is 13.0. The Labute approximate surface area is 214 Å². The van der Waals surface area contributed by atoms with Gasteiger partial charge in [-0.15, -0.1) is 0 Å². The number of sulfonamides is 1. The van der Waals surface area contributed by atoms with E-state index in [1.54, 1.807) is 36.4 Å². The number of amides is 1. The van der Waals surface area contributed by atoms with E-state index in [0.29, 0.717) is 29.2 Å². The van der Waals surface area contributed by atoms with E-state index < -0.39 is 22.0 Å². The molecular formula is C26H23ClN4O4S. The highest BCUT2D eigenvalue weighted by Gasteiger charge is 2.39. The summed E-state index contributed by atoms with van der Waals surface area (Å²) in [5, 5.41) is 13.6. The molecule has 4 rings (SSSR count). The number of hydrogen-bond donors (Lipinski definition) is 1. The number of ether oxygens (including phenoxy) is 1. The Morgan fingerprint density at radius 2 is 1.86 bits per heavy atom. The zero-order chi connectivity index (χ0) is 25.5. The summed E-state index contributed by atoms with van der Waals surface area (Å²) < 4.78 is 33.0. The van der Waals surface area contributed by atoms with Gasteiger partial charge in [-0.25, -0.2) is 13.8 Å². The number of halogens is 1. The molecule has 8 nitrogen and oxygen atoms in total. The molecule has 1 saturated heterocycles. The Morgan fingerprint density at radius 3 is 2.58 bits per heavy atom. The number of carbonyl (C=O) groups excluding carboxylic acids is 1. The number of carbonyl (C=O) groups is 1. The predicted molar refractivity (Wildman–Crippen MR) is 136 cm³/mol. The number of nitrogens with one attached hydrogen (secondary N) is 1. The Bertz CT molecular complexity index is 1400. The highest BCUT2D eigenvalue weighted by atomic mass is 35.5. The number of nitriles is 1. The van der Waals surface area contributed by atoms with E-state index in [4.69, 9.17) is 16.3 Å². The molecule has 0 saturated carbocycles. The zero-order valence-corrected chi connectivity index (χ0v) is 20.7. The van der Waals surface area contributed by atoms with Crippen LogP contribution in [0, 0.1) is 11.3 Å². The molecule has 1 heterocycles. The summed E-state index contributed by atoms with van der Waals surface area (Å²) in [6, 6.07) is 21.5. The van der Waals surface area contributed by atoms with Crippen LogP contribution < -0.4 is 10.2 Å². The molecule has 0 bridgehead atoms. The summed E-state index contributed by atoms with van der Waals surface area (Å²) in [5.74, 6) is 0.135. The average molecular weight is 523 g/mol. The largest absolute Gasteiger partial charge is 0.489 e. The summed E-state index contributed by atoms with van der Waals surface area (Å²) >= 11 is 5.86. The highest BCUT2D eigenvalue weighted by molar-refractivity contribution is 7.89. The van der Waals surface area contributed by atoms with Gasteiger partial charge in [-0.05, 0) is 73.0 Å². The second-order valence-corrected chi connectivity index (χ2v) is 10.4. The average Bonchev–Trinajstić information content (AvgIpc) is 3.40. The van der Waals surface area contributed by atoms with Gasteiger partial charge in [0.2, 0.25) is 10.0 Å². The molecule has 1 fully saturated rings. The van der Waals surface area contributed by atoms with Crippen LogP contribution in [0.3, 0.4) is 0 Å². The fraction of sp³-hybridized carbons (Fsp3) is 0.192. The van der Waals surface area contributed by atoms with E-state index in [9.17, 15) is 18.5 Å². The lowest BCUT2D eigenvalue weighted by Gasteiger charge is -2.22. The van der Waals surface area contributed by atoms with Crippen molar-refractivity contribution in [3.63, 3.8) is 0 Å². The molecule has 3 aromatic rings. The van der Waals surface area contributed by atoms with Gasteiger partial charge in [-0.1, -0.05) is 29.8 Å². The van der Waals surface area contributed by atoms with Crippen molar-refractivity contribution >= 4 is 33.7 Å². The predicted octanol–water partition coefficient (Wildman–Crippen LogP) is 4.09. The molecule has 1 aliphatic rings. The second kappa shape index (κ2) is 11.4. The van der Waals surface area contributed by atoms with Crippen LogP contribution in [0.4, 0.5) is 0 Å². The molecule has 0 radical (unpaired) electrons. The van der Waals surface area contributed by atoms with Gasteiger partial charge in [0.15, 0.2) is 0 Å². The molecule has 3 aromatic carbocycles. The van der Waals surface area contributed by atoms with Crippen LogP contribution in [0.15, 0.2) is 82.8 Å².